The number of nitrogens with one attached hydrogen (secondary N) is 3. The number of nitrogens with zero attached hydrogens (tertiary/aromatic N) is 2. The van der Waals surface area contributed by atoms with Crippen molar-refractivity contribution in [3.8, 4) is 11.3 Å². The van der Waals surface area contributed by atoms with Gasteiger partial charge in [0.15, 0.2) is 5.96 Å². The molecule has 2 rings (SSSR count). The zero-order valence-electron chi connectivity index (χ0n) is 13.3. The monoisotopic (exact) mass is 413 g/mol. The average molecular weight is 413 g/mol. The molecule has 6 heteroatoms. The fourth-order valence-electron chi connectivity index (χ4n) is 1.95. The number of benzene rings is 1. The van der Waals surface area contributed by atoms with Crippen LogP contribution >= 0.6 is 24.0 Å². The van der Waals surface area contributed by atoms with Crippen LogP contribution in [0.5, 0.6) is 0 Å². The van der Waals surface area contributed by atoms with Crippen molar-refractivity contribution < 1.29 is 0 Å². The van der Waals surface area contributed by atoms with E-state index < -0.39 is 0 Å². The molecule has 0 atom stereocenters. The summed E-state index contributed by atoms with van der Waals surface area (Å²) in [5.74, 6) is 1.67. The van der Waals surface area contributed by atoms with Gasteiger partial charge in [-0.1, -0.05) is 30.3 Å². The largest absolute Gasteiger partial charge is 0.357 e. The summed E-state index contributed by atoms with van der Waals surface area (Å²) in [7, 11) is 0. The van der Waals surface area contributed by atoms with E-state index in [0.717, 1.165) is 29.6 Å². The molecule has 1 aromatic heterocycles. The Kier molecular flexibility index (Phi) is 7.94. The van der Waals surface area contributed by atoms with Gasteiger partial charge in [0.1, 0.15) is 12.4 Å². The van der Waals surface area contributed by atoms with Crippen molar-refractivity contribution in [3.63, 3.8) is 0 Å². The van der Waals surface area contributed by atoms with Crippen molar-refractivity contribution in [3.05, 3.63) is 42.4 Å². The Morgan fingerprint density at radius 3 is 2.64 bits per heavy atom. The molecule has 5 nitrogen and oxygen atoms in total. The Labute approximate surface area is 149 Å². The van der Waals surface area contributed by atoms with Gasteiger partial charge in [-0.2, -0.15) is 0 Å². The lowest BCUT2D eigenvalue weighted by molar-refractivity contribution is 0.699. The van der Waals surface area contributed by atoms with Gasteiger partial charge in [-0.25, -0.2) is 9.98 Å². The lowest BCUT2D eigenvalue weighted by Gasteiger charge is -2.13. The molecule has 0 aliphatic carbocycles. The zero-order valence-corrected chi connectivity index (χ0v) is 15.6. The van der Waals surface area contributed by atoms with Crippen molar-refractivity contribution in [2.24, 2.45) is 4.99 Å². The van der Waals surface area contributed by atoms with Crippen LogP contribution in [0.1, 0.15) is 26.6 Å². The molecule has 1 heterocycles. The number of aromatic nitrogens is 2. The Morgan fingerprint density at radius 1 is 1.27 bits per heavy atom. The normalized spacial score (nSPS) is 11.2. The van der Waals surface area contributed by atoms with Crippen LogP contribution in [-0.2, 0) is 6.54 Å². The Balaban J connectivity index is 0.00000242. The lowest BCUT2D eigenvalue weighted by Crippen LogP contribution is -2.41. The summed E-state index contributed by atoms with van der Waals surface area (Å²) < 4.78 is 0. The van der Waals surface area contributed by atoms with Crippen LogP contribution in [0, 0.1) is 0 Å². The second-order valence-corrected chi connectivity index (χ2v) is 5.10. The van der Waals surface area contributed by atoms with Crippen molar-refractivity contribution in [2.45, 2.75) is 33.4 Å². The molecule has 1 aromatic carbocycles. The van der Waals surface area contributed by atoms with Crippen LogP contribution in [0.2, 0.25) is 0 Å². The summed E-state index contributed by atoms with van der Waals surface area (Å²) in [6.07, 6.45) is 1.85. The maximum atomic E-state index is 4.53. The van der Waals surface area contributed by atoms with E-state index in [4.69, 9.17) is 0 Å². The molecular weight excluding hydrogens is 389 g/mol. The number of hydrogen-bond donors (Lipinski definition) is 3. The third-order valence-corrected chi connectivity index (χ3v) is 2.87. The minimum Gasteiger partial charge on any atom is -0.357 e. The fourth-order valence-corrected chi connectivity index (χ4v) is 1.95. The van der Waals surface area contributed by atoms with Gasteiger partial charge < -0.3 is 15.6 Å². The van der Waals surface area contributed by atoms with E-state index in [9.17, 15) is 0 Å². The van der Waals surface area contributed by atoms with Gasteiger partial charge in [0.2, 0.25) is 0 Å². The minimum absolute atomic E-state index is 0. The summed E-state index contributed by atoms with van der Waals surface area (Å²) in [5.41, 5.74) is 2.15. The summed E-state index contributed by atoms with van der Waals surface area (Å²) in [5, 5.41) is 6.51. The van der Waals surface area contributed by atoms with E-state index in [-0.39, 0.29) is 24.0 Å². The summed E-state index contributed by atoms with van der Waals surface area (Å²) in [6, 6.07) is 10.5. The van der Waals surface area contributed by atoms with Crippen molar-refractivity contribution in [1.82, 2.24) is 20.6 Å². The van der Waals surface area contributed by atoms with Gasteiger partial charge >= 0.3 is 0 Å². The molecule has 0 saturated carbocycles. The molecule has 0 saturated heterocycles. The topological polar surface area (TPSA) is 65.1 Å². The molecule has 3 N–H and O–H groups in total. The third kappa shape index (κ3) is 5.67. The van der Waals surface area contributed by atoms with Crippen molar-refractivity contribution in [2.75, 3.05) is 6.54 Å². The first-order valence-corrected chi connectivity index (χ1v) is 7.33. The number of aliphatic imine (C=N–C) groups is 1. The molecule has 0 fully saturated rings. The van der Waals surface area contributed by atoms with Crippen molar-refractivity contribution in [1.29, 1.82) is 0 Å². The van der Waals surface area contributed by atoms with Gasteiger partial charge in [0, 0.05) is 12.6 Å². The van der Waals surface area contributed by atoms with E-state index >= 15 is 0 Å². The smallest absolute Gasteiger partial charge is 0.191 e. The highest BCUT2D eigenvalue weighted by molar-refractivity contribution is 14.0. The molecule has 2 aromatic rings. The van der Waals surface area contributed by atoms with Gasteiger partial charge in [-0.3, -0.25) is 0 Å². The summed E-state index contributed by atoms with van der Waals surface area (Å²) in [6.45, 7) is 7.60. The highest BCUT2D eigenvalue weighted by Crippen LogP contribution is 2.16. The molecule has 0 radical (unpaired) electrons. The molecule has 0 bridgehead atoms. The number of imidazole rings is 1. The molecule has 0 amide bonds. The van der Waals surface area contributed by atoms with Crippen LogP contribution < -0.4 is 10.6 Å². The van der Waals surface area contributed by atoms with Crippen LogP contribution in [0.3, 0.4) is 0 Å². The van der Waals surface area contributed by atoms with E-state index in [1.807, 2.05) is 24.4 Å². The van der Waals surface area contributed by atoms with Crippen molar-refractivity contribution >= 4 is 29.9 Å². The Morgan fingerprint density at radius 2 is 2.00 bits per heavy atom. The molecule has 0 aliphatic heterocycles. The standard InChI is InChI=1S/C16H23N5.HI/c1-4-17-16(20-12(2)3)19-11-15-18-10-14(21-15)13-8-6-5-7-9-13;/h5-10,12H,4,11H2,1-3H3,(H,18,21)(H2,17,19,20);1H. The highest BCUT2D eigenvalue weighted by atomic mass is 127. The number of guanidine groups is 1. The second kappa shape index (κ2) is 9.45. The summed E-state index contributed by atoms with van der Waals surface area (Å²) >= 11 is 0. The minimum atomic E-state index is 0. The molecule has 0 aliphatic rings. The average Bonchev–Trinajstić information content (AvgIpc) is 2.94. The van der Waals surface area contributed by atoms with E-state index in [1.165, 1.54) is 0 Å². The molecule has 22 heavy (non-hydrogen) atoms. The van der Waals surface area contributed by atoms with Gasteiger partial charge in [-0.05, 0) is 26.3 Å². The lowest BCUT2D eigenvalue weighted by atomic mass is 10.2. The Bertz CT molecular complexity index is 577. The van der Waals surface area contributed by atoms with Crippen LogP contribution in [-0.4, -0.2) is 28.5 Å². The maximum absolute atomic E-state index is 4.53. The van der Waals surface area contributed by atoms with Crippen LogP contribution in [0.25, 0.3) is 11.3 Å². The second-order valence-electron chi connectivity index (χ2n) is 5.10. The third-order valence-electron chi connectivity index (χ3n) is 2.87. The van der Waals surface area contributed by atoms with Crippen LogP contribution in [0.15, 0.2) is 41.5 Å². The van der Waals surface area contributed by atoms with E-state index in [0.29, 0.717) is 12.6 Å². The summed E-state index contributed by atoms with van der Waals surface area (Å²) in [4.78, 5) is 12.2. The SMILES string of the molecule is CCNC(=NCc1ncc(-c2ccccc2)[nH]1)NC(C)C.I. The maximum Gasteiger partial charge on any atom is 0.191 e. The van der Waals surface area contributed by atoms with Crippen LogP contribution in [0.4, 0.5) is 0 Å². The highest BCUT2D eigenvalue weighted by Gasteiger charge is 2.04. The van der Waals surface area contributed by atoms with Gasteiger partial charge in [0.25, 0.3) is 0 Å². The number of H-pyrrole nitrogens is 1. The van der Waals surface area contributed by atoms with E-state index in [2.05, 4.69) is 58.5 Å². The first kappa shape index (κ1) is 18.5. The fraction of sp³-hybridized carbons (Fsp3) is 0.375. The number of halogens is 1. The van der Waals surface area contributed by atoms with E-state index in [1.54, 1.807) is 0 Å². The predicted molar refractivity (Wildman–Crippen MR) is 103 cm³/mol. The molecule has 0 spiro atoms. The quantitative estimate of drug-likeness (QED) is 0.401. The first-order valence-electron chi connectivity index (χ1n) is 7.33. The van der Waals surface area contributed by atoms with Gasteiger partial charge in [-0.15, -0.1) is 24.0 Å². The number of aromatic amines is 1. The molecular formula is C16H24IN5. The molecule has 120 valence electrons. The predicted octanol–water partition coefficient (Wildman–Crippen LogP) is 3.16. The Hall–Kier alpha value is -1.57. The number of hydrogen-bond acceptors (Lipinski definition) is 2. The first-order chi connectivity index (χ1) is 10.2. The number of rotatable bonds is 5. The van der Waals surface area contributed by atoms with Gasteiger partial charge in [0.05, 0.1) is 11.9 Å². The molecule has 0 unspecified atom stereocenters. The zero-order chi connectivity index (χ0) is 15.1.